The molecule has 1 aliphatic rings. The van der Waals surface area contributed by atoms with Crippen molar-refractivity contribution in [2.45, 2.75) is 26.4 Å². The minimum atomic E-state index is -0.978. The van der Waals surface area contributed by atoms with E-state index in [1.54, 1.807) is 6.92 Å². The lowest BCUT2D eigenvalue weighted by Crippen LogP contribution is -2.26. The highest BCUT2D eigenvalue weighted by molar-refractivity contribution is 5.90. The molecule has 6 heteroatoms. The minimum Gasteiger partial charge on any atom is -0.489 e. The van der Waals surface area contributed by atoms with Crippen LogP contribution in [-0.2, 0) is 27.4 Å². The number of hydrogen-bond donors (Lipinski definition) is 1. The van der Waals surface area contributed by atoms with Gasteiger partial charge in [-0.15, -0.1) is 0 Å². The van der Waals surface area contributed by atoms with Crippen LogP contribution in [0.2, 0.25) is 0 Å². The van der Waals surface area contributed by atoms with Crippen molar-refractivity contribution in [2.24, 2.45) is 11.3 Å². The molecule has 0 radical (unpaired) electrons. The summed E-state index contributed by atoms with van der Waals surface area (Å²) in [5.41, 5.74) is 3.78. The summed E-state index contributed by atoms with van der Waals surface area (Å²) in [4.78, 5) is 28.8. The van der Waals surface area contributed by atoms with Gasteiger partial charge in [-0.25, -0.2) is 4.98 Å². The van der Waals surface area contributed by atoms with E-state index >= 15 is 0 Å². The SMILES string of the molecule is CCOC(=O)[C@@]1(Cc2ccc(OCc3cc(-c4ccccc4)nc4ccccc34)cc2)CC1C(=O)O. The molecule has 1 N–H and O–H groups in total. The fraction of sp³-hybridized carbons (Fsp3) is 0.233. The van der Waals surface area contributed by atoms with Crippen LogP contribution < -0.4 is 4.74 Å². The fourth-order valence-corrected chi connectivity index (χ4v) is 4.75. The van der Waals surface area contributed by atoms with E-state index in [1.165, 1.54) is 0 Å². The summed E-state index contributed by atoms with van der Waals surface area (Å²) in [6.45, 7) is 2.33. The summed E-state index contributed by atoms with van der Waals surface area (Å²) in [5.74, 6) is -1.40. The second kappa shape index (κ2) is 9.82. The first-order valence-corrected chi connectivity index (χ1v) is 12.1. The van der Waals surface area contributed by atoms with Crippen molar-refractivity contribution >= 4 is 22.8 Å². The first-order chi connectivity index (χ1) is 17.5. The third kappa shape index (κ3) is 4.67. The zero-order valence-electron chi connectivity index (χ0n) is 20.0. The molecule has 36 heavy (non-hydrogen) atoms. The number of para-hydroxylation sites is 1. The van der Waals surface area contributed by atoms with Crippen molar-refractivity contribution in [2.75, 3.05) is 6.61 Å². The number of carbonyl (C=O) groups is 2. The summed E-state index contributed by atoms with van der Waals surface area (Å²) in [6.07, 6.45) is 0.636. The first-order valence-electron chi connectivity index (χ1n) is 12.1. The van der Waals surface area contributed by atoms with Crippen LogP contribution in [0, 0.1) is 11.3 Å². The van der Waals surface area contributed by atoms with Gasteiger partial charge in [0.2, 0.25) is 0 Å². The third-order valence-corrected chi connectivity index (χ3v) is 6.76. The molecule has 1 heterocycles. The second-order valence-corrected chi connectivity index (χ2v) is 9.13. The van der Waals surface area contributed by atoms with Gasteiger partial charge in [-0.3, -0.25) is 9.59 Å². The molecule has 4 aromatic rings. The molecule has 1 aromatic heterocycles. The number of aliphatic carboxylic acids is 1. The van der Waals surface area contributed by atoms with Crippen LogP contribution in [0.25, 0.3) is 22.2 Å². The predicted molar refractivity (Wildman–Crippen MR) is 136 cm³/mol. The normalized spacial score (nSPS) is 18.5. The Balaban J connectivity index is 1.33. The van der Waals surface area contributed by atoms with Gasteiger partial charge >= 0.3 is 11.9 Å². The van der Waals surface area contributed by atoms with Crippen LogP contribution in [0.15, 0.2) is 84.9 Å². The van der Waals surface area contributed by atoms with Crippen LogP contribution >= 0.6 is 0 Å². The number of ether oxygens (including phenoxy) is 2. The molecule has 1 unspecified atom stereocenters. The van der Waals surface area contributed by atoms with E-state index in [-0.39, 0.29) is 6.61 Å². The smallest absolute Gasteiger partial charge is 0.313 e. The Morgan fingerprint density at radius 2 is 1.72 bits per heavy atom. The van der Waals surface area contributed by atoms with Crippen LogP contribution in [0.5, 0.6) is 5.75 Å². The molecular formula is C30H27NO5. The van der Waals surface area contributed by atoms with Gasteiger partial charge in [0.05, 0.1) is 29.2 Å². The Morgan fingerprint density at radius 3 is 2.42 bits per heavy atom. The zero-order chi connectivity index (χ0) is 25.1. The summed E-state index contributed by atoms with van der Waals surface area (Å²) < 4.78 is 11.3. The molecule has 3 aromatic carbocycles. The molecule has 2 atom stereocenters. The highest BCUT2D eigenvalue weighted by Gasteiger charge is 2.64. The largest absolute Gasteiger partial charge is 0.489 e. The Hall–Kier alpha value is -4.19. The third-order valence-electron chi connectivity index (χ3n) is 6.76. The molecule has 6 nitrogen and oxygen atoms in total. The number of benzene rings is 3. The van der Waals surface area contributed by atoms with Gasteiger partial charge in [-0.2, -0.15) is 0 Å². The maximum Gasteiger partial charge on any atom is 0.313 e. The van der Waals surface area contributed by atoms with E-state index in [2.05, 4.69) is 6.07 Å². The van der Waals surface area contributed by atoms with Gasteiger partial charge in [-0.05, 0) is 49.6 Å². The highest BCUT2D eigenvalue weighted by Crippen LogP contribution is 2.56. The first kappa shape index (κ1) is 23.5. The maximum atomic E-state index is 12.5. The van der Waals surface area contributed by atoms with Crippen molar-refractivity contribution in [3.05, 3.63) is 96.1 Å². The van der Waals surface area contributed by atoms with E-state index in [1.807, 2.05) is 78.9 Å². The van der Waals surface area contributed by atoms with Gasteiger partial charge in [0.15, 0.2) is 0 Å². The number of hydrogen-bond acceptors (Lipinski definition) is 5. The Bertz CT molecular complexity index is 1400. The number of esters is 1. The van der Waals surface area contributed by atoms with Gasteiger partial charge in [0, 0.05) is 16.5 Å². The molecule has 5 rings (SSSR count). The Labute approximate surface area is 209 Å². The van der Waals surface area contributed by atoms with E-state index in [0.29, 0.717) is 25.2 Å². The summed E-state index contributed by atoms with van der Waals surface area (Å²) in [5, 5.41) is 10.5. The van der Waals surface area contributed by atoms with Crippen molar-refractivity contribution in [1.82, 2.24) is 4.98 Å². The molecule has 1 aliphatic carbocycles. The van der Waals surface area contributed by atoms with Crippen LogP contribution in [-0.4, -0.2) is 28.6 Å². The van der Waals surface area contributed by atoms with E-state index in [0.717, 1.165) is 33.3 Å². The standard InChI is InChI=1S/C30H27NO5/c1-2-35-29(34)30(18-25(30)28(32)33)17-20-12-14-23(15-13-20)36-19-22-16-27(21-8-4-3-5-9-21)31-26-11-7-6-10-24(22)26/h3-16,25H,2,17-19H2,1H3,(H,32,33)/t25?,30-/m0/s1. The highest BCUT2D eigenvalue weighted by atomic mass is 16.5. The molecule has 182 valence electrons. The number of rotatable bonds is 9. The van der Waals surface area contributed by atoms with Crippen molar-refractivity contribution < 1.29 is 24.2 Å². The molecule has 1 fully saturated rings. The molecule has 1 saturated carbocycles. The quantitative estimate of drug-likeness (QED) is 0.310. The monoisotopic (exact) mass is 481 g/mol. The van der Waals surface area contributed by atoms with Crippen LogP contribution in [0.3, 0.4) is 0 Å². The summed E-state index contributed by atoms with van der Waals surface area (Å²) >= 11 is 0. The summed E-state index contributed by atoms with van der Waals surface area (Å²) in [7, 11) is 0. The molecular weight excluding hydrogens is 454 g/mol. The average Bonchev–Trinajstić information content (AvgIpc) is 3.64. The minimum absolute atomic E-state index is 0.232. The zero-order valence-corrected chi connectivity index (χ0v) is 20.0. The summed E-state index contributed by atoms with van der Waals surface area (Å²) in [6, 6.07) is 27.6. The van der Waals surface area contributed by atoms with Crippen LogP contribution in [0.4, 0.5) is 0 Å². The van der Waals surface area contributed by atoms with Gasteiger partial charge in [0.1, 0.15) is 12.4 Å². The Kier molecular flexibility index (Phi) is 6.42. The number of aromatic nitrogens is 1. The number of carbonyl (C=O) groups excluding carboxylic acids is 1. The van der Waals surface area contributed by atoms with E-state index < -0.39 is 23.3 Å². The van der Waals surface area contributed by atoms with E-state index in [4.69, 9.17) is 14.5 Å². The topological polar surface area (TPSA) is 85.7 Å². The number of fused-ring (bicyclic) bond motifs is 1. The number of carboxylic acid groups (broad SMARTS) is 1. The van der Waals surface area contributed by atoms with Gasteiger partial charge < -0.3 is 14.6 Å². The average molecular weight is 482 g/mol. The maximum absolute atomic E-state index is 12.5. The Morgan fingerprint density at radius 1 is 1.00 bits per heavy atom. The van der Waals surface area contributed by atoms with Crippen molar-refractivity contribution in [3.8, 4) is 17.0 Å². The van der Waals surface area contributed by atoms with E-state index in [9.17, 15) is 14.7 Å². The van der Waals surface area contributed by atoms with Gasteiger partial charge in [-0.1, -0.05) is 60.7 Å². The number of nitrogens with zero attached hydrogens (tertiary/aromatic N) is 1. The molecule has 0 bridgehead atoms. The van der Waals surface area contributed by atoms with Gasteiger partial charge in [0.25, 0.3) is 0 Å². The molecule has 0 amide bonds. The predicted octanol–water partition coefficient (Wildman–Crippen LogP) is 5.68. The molecule has 0 spiro atoms. The molecule has 0 saturated heterocycles. The fourth-order valence-electron chi connectivity index (χ4n) is 4.75. The van der Waals surface area contributed by atoms with Crippen LogP contribution in [0.1, 0.15) is 24.5 Å². The lowest BCUT2D eigenvalue weighted by atomic mass is 9.94. The number of carboxylic acids is 1. The lowest BCUT2D eigenvalue weighted by Gasteiger charge is -2.16. The second-order valence-electron chi connectivity index (χ2n) is 9.13. The number of pyridine rings is 1. The lowest BCUT2D eigenvalue weighted by molar-refractivity contribution is -0.153. The van der Waals surface area contributed by atoms with Crippen molar-refractivity contribution in [3.63, 3.8) is 0 Å². The molecule has 0 aliphatic heterocycles. The van der Waals surface area contributed by atoms with Crippen molar-refractivity contribution in [1.29, 1.82) is 0 Å².